The number of hydrogen-bond donors (Lipinski definition) is 2. The van der Waals surface area contributed by atoms with E-state index in [4.69, 9.17) is 5.73 Å². The molecule has 0 spiro atoms. The number of hydrogen-bond acceptors (Lipinski definition) is 3. The molecule has 100 valence electrons. The van der Waals surface area contributed by atoms with Crippen molar-refractivity contribution in [2.45, 2.75) is 20.4 Å². The van der Waals surface area contributed by atoms with Gasteiger partial charge in [0.15, 0.2) is 0 Å². The van der Waals surface area contributed by atoms with Gasteiger partial charge < -0.3 is 15.7 Å². The second-order valence-electron chi connectivity index (χ2n) is 4.68. The van der Waals surface area contributed by atoms with Crippen LogP contribution < -0.4 is 10.6 Å². The monoisotopic (exact) mass is 256 g/mol. The number of rotatable bonds is 4. The van der Waals surface area contributed by atoms with Crippen molar-refractivity contribution in [1.82, 2.24) is 0 Å². The van der Waals surface area contributed by atoms with E-state index in [1.165, 1.54) is 0 Å². The van der Waals surface area contributed by atoms with Gasteiger partial charge in [0.25, 0.3) is 0 Å². The van der Waals surface area contributed by atoms with Crippen LogP contribution in [0.3, 0.4) is 0 Å². The van der Waals surface area contributed by atoms with Gasteiger partial charge in [0, 0.05) is 30.5 Å². The molecule has 2 aromatic carbocycles. The average Bonchev–Trinajstić information content (AvgIpc) is 2.41. The van der Waals surface area contributed by atoms with Crippen LogP contribution in [0.15, 0.2) is 42.5 Å². The Bertz CT molecular complexity index is 566. The van der Waals surface area contributed by atoms with E-state index in [0.717, 1.165) is 35.6 Å². The first-order valence-electron chi connectivity index (χ1n) is 6.49. The first-order valence-corrected chi connectivity index (χ1v) is 6.49. The summed E-state index contributed by atoms with van der Waals surface area (Å²) in [6, 6.07) is 13.3. The molecule has 0 heterocycles. The van der Waals surface area contributed by atoms with E-state index >= 15 is 0 Å². The molecular weight excluding hydrogens is 236 g/mol. The van der Waals surface area contributed by atoms with Gasteiger partial charge in [0.05, 0.1) is 0 Å². The van der Waals surface area contributed by atoms with Crippen molar-refractivity contribution >= 4 is 11.4 Å². The molecule has 0 saturated carbocycles. The maximum Gasteiger partial charge on any atom is 0.117 e. The van der Waals surface area contributed by atoms with Gasteiger partial charge in [-0.3, -0.25) is 0 Å². The summed E-state index contributed by atoms with van der Waals surface area (Å²) in [6.07, 6.45) is 0. The molecule has 0 fully saturated rings. The second kappa shape index (κ2) is 5.65. The maximum absolute atomic E-state index is 9.65. The van der Waals surface area contributed by atoms with Crippen molar-refractivity contribution in [3.8, 4) is 5.75 Å². The van der Waals surface area contributed by atoms with Crippen molar-refractivity contribution in [3.05, 3.63) is 53.6 Å². The van der Waals surface area contributed by atoms with E-state index in [1.54, 1.807) is 12.1 Å². The van der Waals surface area contributed by atoms with Crippen LogP contribution >= 0.6 is 0 Å². The largest absolute Gasteiger partial charge is 0.508 e. The van der Waals surface area contributed by atoms with Crippen LogP contribution in [0.4, 0.5) is 11.4 Å². The van der Waals surface area contributed by atoms with Crippen molar-refractivity contribution in [1.29, 1.82) is 0 Å². The lowest BCUT2D eigenvalue weighted by Gasteiger charge is -2.25. The Morgan fingerprint density at radius 1 is 1.16 bits per heavy atom. The highest BCUT2D eigenvalue weighted by molar-refractivity contribution is 5.58. The number of anilines is 2. The number of phenols is 1. The molecule has 2 rings (SSSR count). The van der Waals surface area contributed by atoms with Crippen LogP contribution in [-0.4, -0.2) is 11.7 Å². The molecule has 3 N–H and O–H groups in total. The van der Waals surface area contributed by atoms with E-state index in [9.17, 15) is 5.11 Å². The lowest BCUT2D eigenvalue weighted by Crippen LogP contribution is -2.23. The van der Waals surface area contributed by atoms with Crippen LogP contribution in [0.5, 0.6) is 5.75 Å². The number of nitrogen functional groups attached to an aromatic ring is 1. The number of aromatic hydroxyl groups is 1. The summed E-state index contributed by atoms with van der Waals surface area (Å²) >= 11 is 0. The highest BCUT2D eigenvalue weighted by Crippen LogP contribution is 2.27. The molecule has 0 aliphatic rings. The van der Waals surface area contributed by atoms with E-state index in [-0.39, 0.29) is 0 Å². The third kappa shape index (κ3) is 2.99. The molecule has 0 amide bonds. The molecule has 0 unspecified atom stereocenters. The number of para-hydroxylation sites is 1. The summed E-state index contributed by atoms with van der Waals surface area (Å²) in [4.78, 5) is 2.21. The molecule has 19 heavy (non-hydrogen) atoms. The zero-order valence-corrected chi connectivity index (χ0v) is 11.4. The number of benzene rings is 2. The fraction of sp³-hybridized carbons (Fsp3) is 0.250. The number of nitrogens with two attached hydrogens (primary N) is 1. The lowest BCUT2D eigenvalue weighted by molar-refractivity contribution is 0.475. The Kier molecular flexibility index (Phi) is 3.95. The molecule has 0 aliphatic heterocycles. The summed E-state index contributed by atoms with van der Waals surface area (Å²) in [5.41, 5.74) is 10.1. The standard InChI is InChI=1S/C16H20N2O/c1-3-18(11-13-6-4-5-7-15(13)17)16-10-14(19)9-8-12(16)2/h4-10,19H,3,11,17H2,1-2H3. The molecule has 0 saturated heterocycles. The van der Waals surface area contributed by atoms with Crippen molar-refractivity contribution in [2.24, 2.45) is 0 Å². The predicted octanol–water partition coefficient (Wildman–Crippen LogP) is 3.31. The fourth-order valence-electron chi connectivity index (χ4n) is 2.19. The van der Waals surface area contributed by atoms with Gasteiger partial charge in [0.2, 0.25) is 0 Å². The van der Waals surface area contributed by atoms with E-state index in [2.05, 4.69) is 11.8 Å². The highest BCUT2D eigenvalue weighted by Gasteiger charge is 2.10. The first-order chi connectivity index (χ1) is 9.11. The van der Waals surface area contributed by atoms with Crippen LogP contribution in [0.1, 0.15) is 18.1 Å². The zero-order valence-electron chi connectivity index (χ0n) is 11.4. The SMILES string of the molecule is CCN(Cc1ccccc1N)c1cc(O)ccc1C. The Morgan fingerprint density at radius 3 is 2.58 bits per heavy atom. The molecule has 2 aromatic rings. The number of phenolic OH excluding ortho intramolecular Hbond substituents is 1. The molecule has 3 heteroatoms. The molecule has 0 aliphatic carbocycles. The van der Waals surface area contributed by atoms with Gasteiger partial charge in [-0.2, -0.15) is 0 Å². The van der Waals surface area contributed by atoms with Crippen molar-refractivity contribution in [2.75, 3.05) is 17.2 Å². The zero-order chi connectivity index (χ0) is 13.8. The summed E-state index contributed by atoms with van der Waals surface area (Å²) in [7, 11) is 0. The van der Waals surface area contributed by atoms with Gasteiger partial charge in [-0.05, 0) is 37.1 Å². The molecule has 3 nitrogen and oxygen atoms in total. The minimum absolute atomic E-state index is 0.292. The average molecular weight is 256 g/mol. The number of nitrogens with zero attached hydrogens (tertiary/aromatic N) is 1. The lowest BCUT2D eigenvalue weighted by atomic mass is 10.1. The molecular formula is C16H20N2O. The number of aryl methyl sites for hydroxylation is 1. The third-order valence-electron chi connectivity index (χ3n) is 3.33. The Morgan fingerprint density at radius 2 is 1.89 bits per heavy atom. The van der Waals surface area contributed by atoms with Crippen molar-refractivity contribution in [3.63, 3.8) is 0 Å². The predicted molar refractivity (Wildman–Crippen MR) is 80.4 cm³/mol. The van der Waals surface area contributed by atoms with Gasteiger partial charge in [-0.25, -0.2) is 0 Å². The Hall–Kier alpha value is -2.16. The smallest absolute Gasteiger partial charge is 0.117 e. The van der Waals surface area contributed by atoms with Crippen LogP contribution in [0.25, 0.3) is 0 Å². The fourth-order valence-corrected chi connectivity index (χ4v) is 2.19. The topological polar surface area (TPSA) is 49.5 Å². The van der Waals surface area contributed by atoms with Gasteiger partial charge in [-0.1, -0.05) is 24.3 Å². The van der Waals surface area contributed by atoms with E-state index < -0.39 is 0 Å². The third-order valence-corrected chi connectivity index (χ3v) is 3.33. The van der Waals surface area contributed by atoms with Crippen LogP contribution in [-0.2, 0) is 6.54 Å². The molecule has 0 radical (unpaired) electrons. The van der Waals surface area contributed by atoms with E-state index in [0.29, 0.717) is 5.75 Å². The Balaban J connectivity index is 2.30. The minimum atomic E-state index is 0.292. The summed E-state index contributed by atoms with van der Waals surface area (Å²) in [5, 5.41) is 9.65. The Labute approximate surface area is 114 Å². The molecule has 0 atom stereocenters. The van der Waals surface area contributed by atoms with Gasteiger partial charge in [0.1, 0.15) is 5.75 Å². The van der Waals surface area contributed by atoms with Gasteiger partial charge >= 0.3 is 0 Å². The first kappa shape index (κ1) is 13.3. The minimum Gasteiger partial charge on any atom is -0.508 e. The highest BCUT2D eigenvalue weighted by atomic mass is 16.3. The van der Waals surface area contributed by atoms with Gasteiger partial charge in [-0.15, -0.1) is 0 Å². The van der Waals surface area contributed by atoms with E-state index in [1.807, 2.05) is 37.3 Å². The summed E-state index contributed by atoms with van der Waals surface area (Å²) in [5.74, 6) is 0.292. The molecule has 0 aromatic heterocycles. The van der Waals surface area contributed by atoms with Crippen molar-refractivity contribution < 1.29 is 5.11 Å². The summed E-state index contributed by atoms with van der Waals surface area (Å²) in [6.45, 7) is 5.75. The maximum atomic E-state index is 9.65. The second-order valence-corrected chi connectivity index (χ2v) is 4.68. The molecule has 0 bridgehead atoms. The summed E-state index contributed by atoms with van der Waals surface area (Å²) < 4.78 is 0. The normalized spacial score (nSPS) is 10.4. The van der Waals surface area contributed by atoms with Crippen LogP contribution in [0, 0.1) is 6.92 Å². The quantitative estimate of drug-likeness (QED) is 0.825. The van der Waals surface area contributed by atoms with Crippen LogP contribution in [0.2, 0.25) is 0 Å².